The van der Waals surface area contributed by atoms with Crippen LogP contribution in [0.25, 0.3) is 21.6 Å². The standard InChI is InChI=1S/C25H19F2N3OS/c26-19-4-2-5-20(27)18(19)12-22(31)25-30-21-6-1-3-14-7-8-15(11-17(14)24(21)32-25)16-9-10-23(28)29-13-16/h2,4-5,7-11,13H,1,3,6,12H2,(H2,28,29). The number of Topliss-reactive ketones (excluding diaryl/α,β-unsaturated/α-hetero) is 1. The van der Waals surface area contributed by atoms with E-state index in [0.717, 1.165) is 58.7 Å². The van der Waals surface area contributed by atoms with Gasteiger partial charge in [-0.25, -0.2) is 18.7 Å². The topological polar surface area (TPSA) is 68.9 Å². The van der Waals surface area contributed by atoms with Crippen molar-refractivity contribution in [3.05, 3.63) is 88.2 Å². The van der Waals surface area contributed by atoms with Gasteiger partial charge in [0.1, 0.15) is 17.5 Å². The summed E-state index contributed by atoms with van der Waals surface area (Å²) in [7, 11) is 0. The first kappa shape index (κ1) is 20.5. The highest BCUT2D eigenvalue weighted by atomic mass is 32.1. The maximum absolute atomic E-state index is 14.0. The maximum Gasteiger partial charge on any atom is 0.195 e. The fraction of sp³-hybridized carbons (Fsp3) is 0.160. The van der Waals surface area contributed by atoms with Gasteiger partial charge in [0.25, 0.3) is 0 Å². The van der Waals surface area contributed by atoms with E-state index in [1.165, 1.54) is 23.0 Å². The van der Waals surface area contributed by atoms with Crippen LogP contribution in [0.2, 0.25) is 0 Å². The molecule has 2 heterocycles. The normalized spacial score (nSPS) is 12.7. The van der Waals surface area contributed by atoms with Crippen LogP contribution < -0.4 is 5.73 Å². The molecular weight excluding hydrogens is 428 g/mol. The molecule has 5 rings (SSSR count). The molecule has 4 aromatic rings. The summed E-state index contributed by atoms with van der Waals surface area (Å²) in [5.74, 6) is -1.36. The van der Waals surface area contributed by atoms with Crippen molar-refractivity contribution >= 4 is 22.9 Å². The Morgan fingerprint density at radius 3 is 2.56 bits per heavy atom. The summed E-state index contributed by atoms with van der Waals surface area (Å²) in [5.41, 5.74) is 10.5. The van der Waals surface area contributed by atoms with Gasteiger partial charge in [-0.1, -0.05) is 18.2 Å². The molecule has 1 aliphatic carbocycles. The van der Waals surface area contributed by atoms with Crippen molar-refractivity contribution in [3.8, 4) is 21.6 Å². The van der Waals surface area contributed by atoms with Crippen molar-refractivity contribution in [2.24, 2.45) is 0 Å². The number of carbonyl (C=O) groups is 1. The van der Waals surface area contributed by atoms with Gasteiger partial charge in [-0.3, -0.25) is 4.79 Å². The summed E-state index contributed by atoms with van der Waals surface area (Å²) in [5, 5.41) is 0.282. The number of aryl methyl sites for hydroxylation is 2. The minimum Gasteiger partial charge on any atom is -0.384 e. The molecule has 2 N–H and O–H groups in total. The number of hydrogen-bond donors (Lipinski definition) is 1. The highest BCUT2D eigenvalue weighted by Crippen LogP contribution is 2.39. The van der Waals surface area contributed by atoms with Crippen LogP contribution in [0.15, 0.2) is 54.7 Å². The number of ketones is 1. The summed E-state index contributed by atoms with van der Waals surface area (Å²) in [6.45, 7) is 0. The van der Waals surface area contributed by atoms with Gasteiger partial charge in [-0.05, 0) is 66.3 Å². The molecule has 0 amide bonds. The molecule has 1 aliphatic rings. The number of hydrogen-bond acceptors (Lipinski definition) is 5. The molecule has 2 aromatic heterocycles. The quantitative estimate of drug-likeness (QED) is 0.411. The van der Waals surface area contributed by atoms with E-state index >= 15 is 0 Å². The second-order valence-corrected chi connectivity index (χ2v) is 8.79. The van der Waals surface area contributed by atoms with Crippen molar-refractivity contribution in [1.29, 1.82) is 0 Å². The Labute approximate surface area is 187 Å². The Balaban J connectivity index is 1.52. The molecule has 0 atom stereocenters. The van der Waals surface area contributed by atoms with Crippen molar-refractivity contribution in [3.63, 3.8) is 0 Å². The van der Waals surface area contributed by atoms with Gasteiger partial charge in [0.05, 0.1) is 10.6 Å². The molecule has 2 aromatic carbocycles. The lowest BCUT2D eigenvalue weighted by Crippen LogP contribution is -2.07. The van der Waals surface area contributed by atoms with E-state index in [1.54, 1.807) is 12.3 Å². The van der Waals surface area contributed by atoms with Gasteiger partial charge >= 0.3 is 0 Å². The van der Waals surface area contributed by atoms with Crippen LogP contribution in [0.4, 0.5) is 14.6 Å². The fourth-order valence-corrected chi connectivity index (χ4v) is 5.10. The van der Waals surface area contributed by atoms with Crippen molar-refractivity contribution < 1.29 is 13.6 Å². The van der Waals surface area contributed by atoms with Gasteiger partial charge in [-0.15, -0.1) is 11.3 Å². The molecule has 0 radical (unpaired) electrons. The van der Waals surface area contributed by atoms with Gasteiger partial charge in [0.2, 0.25) is 0 Å². The number of nitrogen functional groups attached to an aromatic ring is 1. The predicted molar refractivity (Wildman–Crippen MR) is 122 cm³/mol. The first-order valence-corrected chi connectivity index (χ1v) is 11.1. The number of carbonyl (C=O) groups excluding carboxylic acids is 1. The second kappa shape index (κ2) is 8.24. The van der Waals surface area contributed by atoms with E-state index in [1.807, 2.05) is 6.07 Å². The molecule has 4 nitrogen and oxygen atoms in total. The Bertz CT molecular complexity index is 1310. The Hall–Kier alpha value is -3.45. The summed E-state index contributed by atoms with van der Waals surface area (Å²) >= 11 is 1.30. The largest absolute Gasteiger partial charge is 0.384 e. The third kappa shape index (κ3) is 3.80. The van der Waals surface area contributed by atoms with Crippen molar-refractivity contribution in [1.82, 2.24) is 9.97 Å². The summed E-state index contributed by atoms with van der Waals surface area (Å²) in [6.07, 6.45) is 3.97. The molecule has 0 fully saturated rings. The van der Waals surface area contributed by atoms with Crippen LogP contribution in [0.1, 0.15) is 33.0 Å². The SMILES string of the molecule is Nc1ccc(-c2ccc3c(c2)-c2sc(C(=O)Cc4c(F)cccc4F)nc2CCC3)cn1. The minimum atomic E-state index is -0.719. The maximum atomic E-state index is 14.0. The molecule has 7 heteroatoms. The number of nitrogens with zero attached hydrogens (tertiary/aromatic N) is 2. The predicted octanol–water partition coefficient (Wildman–Crippen LogP) is 5.65. The smallest absolute Gasteiger partial charge is 0.195 e. The van der Waals surface area contributed by atoms with E-state index in [9.17, 15) is 13.6 Å². The van der Waals surface area contributed by atoms with Crippen LogP contribution >= 0.6 is 11.3 Å². The van der Waals surface area contributed by atoms with Crippen LogP contribution in [0, 0.1) is 11.6 Å². The van der Waals surface area contributed by atoms with Gasteiger partial charge < -0.3 is 5.73 Å². The van der Waals surface area contributed by atoms with Crippen LogP contribution in [-0.4, -0.2) is 15.8 Å². The average molecular weight is 448 g/mol. The molecule has 32 heavy (non-hydrogen) atoms. The lowest BCUT2D eigenvalue weighted by Gasteiger charge is -2.09. The molecule has 0 unspecified atom stereocenters. The second-order valence-electron chi connectivity index (χ2n) is 7.79. The number of rotatable bonds is 4. The Kier molecular flexibility index (Phi) is 5.27. The average Bonchev–Trinajstić information content (AvgIpc) is 3.14. The molecule has 160 valence electrons. The Morgan fingerprint density at radius 1 is 1.03 bits per heavy atom. The summed E-state index contributed by atoms with van der Waals surface area (Å²) in [6, 6.07) is 13.5. The van der Waals surface area contributed by atoms with Crippen LogP contribution in [0.3, 0.4) is 0 Å². The first-order valence-electron chi connectivity index (χ1n) is 10.3. The zero-order valence-corrected chi connectivity index (χ0v) is 17.9. The van der Waals surface area contributed by atoms with Crippen molar-refractivity contribution in [2.75, 3.05) is 5.73 Å². The molecule has 0 bridgehead atoms. The van der Waals surface area contributed by atoms with E-state index < -0.39 is 11.6 Å². The number of thiazole rings is 1. The number of benzene rings is 2. The lowest BCUT2D eigenvalue weighted by atomic mass is 9.98. The van der Waals surface area contributed by atoms with E-state index in [2.05, 4.69) is 28.2 Å². The van der Waals surface area contributed by atoms with Gasteiger partial charge in [0.15, 0.2) is 10.8 Å². The number of anilines is 1. The number of halogens is 2. The monoisotopic (exact) mass is 447 g/mol. The zero-order valence-electron chi connectivity index (χ0n) is 17.1. The highest BCUT2D eigenvalue weighted by Gasteiger charge is 2.24. The molecule has 0 saturated heterocycles. The number of fused-ring (bicyclic) bond motifs is 3. The molecular formula is C25H19F2N3OS. The van der Waals surface area contributed by atoms with Gasteiger partial charge in [-0.2, -0.15) is 0 Å². The van der Waals surface area contributed by atoms with Crippen LogP contribution in [-0.2, 0) is 19.3 Å². The Morgan fingerprint density at radius 2 is 1.81 bits per heavy atom. The van der Waals surface area contributed by atoms with E-state index in [0.29, 0.717) is 5.82 Å². The highest BCUT2D eigenvalue weighted by molar-refractivity contribution is 7.17. The third-order valence-corrected chi connectivity index (χ3v) is 6.84. The molecule has 0 aliphatic heterocycles. The molecule has 0 saturated carbocycles. The van der Waals surface area contributed by atoms with Gasteiger partial charge in [0, 0.05) is 23.7 Å². The lowest BCUT2D eigenvalue weighted by molar-refractivity contribution is 0.0990. The van der Waals surface area contributed by atoms with Crippen molar-refractivity contribution in [2.45, 2.75) is 25.7 Å². The molecule has 0 spiro atoms. The van der Waals surface area contributed by atoms with E-state index in [4.69, 9.17) is 5.73 Å². The first-order chi connectivity index (χ1) is 15.5. The summed E-state index contributed by atoms with van der Waals surface area (Å²) in [4.78, 5) is 22.5. The fourth-order valence-electron chi connectivity index (χ4n) is 4.00. The number of nitrogens with two attached hydrogens (primary N) is 1. The minimum absolute atomic E-state index is 0.221. The zero-order chi connectivity index (χ0) is 22.2. The number of aromatic nitrogens is 2. The van der Waals surface area contributed by atoms with Crippen LogP contribution in [0.5, 0.6) is 0 Å². The number of pyridine rings is 1. The summed E-state index contributed by atoms with van der Waals surface area (Å²) < 4.78 is 28.0. The van der Waals surface area contributed by atoms with E-state index in [-0.39, 0.29) is 22.8 Å². The third-order valence-electron chi connectivity index (χ3n) is 5.67.